The van der Waals surface area contributed by atoms with Gasteiger partial charge in [0, 0.05) is 13.6 Å². The Morgan fingerprint density at radius 2 is 1.62 bits per heavy atom. The number of methoxy groups -OCH3 is 1. The molecule has 0 aromatic heterocycles. The molecule has 24 heavy (non-hydrogen) atoms. The van der Waals surface area contributed by atoms with E-state index in [1.165, 1.54) is 35.6 Å². The van der Waals surface area contributed by atoms with Crippen LogP contribution in [0.2, 0.25) is 0 Å². The number of hydrogen-bond acceptors (Lipinski definition) is 5. The normalized spacial score (nSPS) is 11.1. The maximum atomic E-state index is 12.4. The summed E-state index contributed by atoms with van der Waals surface area (Å²) in [6, 6.07) is 14.8. The summed E-state index contributed by atoms with van der Waals surface area (Å²) >= 11 is 0. The number of likely N-dealkylation sites (N-methyl/N-ethyl adjacent to an activating group) is 1. The van der Waals surface area contributed by atoms with Crippen LogP contribution in [0.3, 0.4) is 0 Å². The Morgan fingerprint density at radius 1 is 1.04 bits per heavy atom. The quantitative estimate of drug-likeness (QED) is 0.768. The highest BCUT2D eigenvalue weighted by Crippen LogP contribution is 2.18. The molecule has 2 aromatic rings. The number of rotatable bonds is 7. The van der Waals surface area contributed by atoms with E-state index in [1.54, 1.807) is 31.4 Å². The Morgan fingerprint density at radius 3 is 2.17 bits per heavy atom. The monoisotopic (exact) mass is 346 g/mol. The molecule has 6 nitrogen and oxygen atoms in total. The van der Waals surface area contributed by atoms with Crippen molar-refractivity contribution in [1.29, 1.82) is 5.26 Å². The molecule has 0 spiro atoms. The van der Waals surface area contributed by atoms with Crippen molar-refractivity contribution in [2.75, 3.05) is 27.3 Å². The fraction of sp³-hybridized carbons (Fsp3) is 0.235. The molecule has 0 saturated carbocycles. The summed E-state index contributed by atoms with van der Waals surface area (Å²) in [4.78, 5) is 0.147. The van der Waals surface area contributed by atoms with Crippen molar-refractivity contribution in [3.05, 3.63) is 54.1 Å². The first-order valence-electron chi connectivity index (χ1n) is 7.20. The first-order valence-corrected chi connectivity index (χ1v) is 8.65. The topological polar surface area (TPSA) is 79.6 Å². The lowest BCUT2D eigenvalue weighted by atomic mass is 10.2. The lowest BCUT2D eigenvalue weighted by Gasteiger charge is -2.17. The van der Waals surface area contributed by atoms with E-state index in [1.807, 2.05) is 6.07 Å². The van der Waals surface area contributed by atoms with Crippen molar-refractivity contribution in [2.24, 2.45) is 0 Å². The van der Waals surface area contributed by atoms with E-state index in [4.69, 9.17) is 14.7 Å². The van der Waals surface area contributed by atoms with Gasteiger partial charge < -0.3 is 9.47 Å². The number of benzene rings is 2. The molecule has 0 aliphatic heterocycles. The maximum absolute atomic E-state index is 12.4. The minimum atomic E-state index is -3.61. The van der Waals surface area contributed by atoms with E-state index in [-0.39, 0.29) is 18.0 Å². The predicted octanol–water partition coefficient (Wildman–Crippen LogP) is 2.27. The third kappa shape index (κ3) is 4.25. The molecule has 0 N–H and O–H groups in total. The van der Waals surface area contributed by atoms with Gasteiger partial charge in [0.15, 0.2) is 0 Å². The zero-order valence-corrected chi connectivity index (χ0v) is 14.3. The smallest absolute Gasteiger partial charge is 0.242 e. The van der Waals surface area contributed by atoms with Crippen molar-refractivity contribution < 1.29 is 17.9 Å². The fourth-order valence-corrected chi connectivity index (χ4v) is 3.12. The molecule has 0 atom stereocenters. The fourth-order valence-electron chi connectivity index (χ4n) is 1.97. The number of hydrogen-bond donors (Lipinski definition) is 0. The summed E-state index contributed by atoms with van der Waals surface area (Å²) < 4.78 is 36.7. The van der Waals surface area contributed by atoms with Crippen LogP contribution in [0.25, 0.3) is 0 Å². The lowest BCUT2D eigenvalue weighted by molar-refractivity contribution is 0.286. The Kier molecular flexibility index (Phi) is 5.79. The Balaban J connectivity index is 1.94. The molecule has 2 aromatic carbocycles. The zero-order valence-electron chi connectivity index (χ0n) is 13.5. The second-order valence-electron chi connectivity index (χ2n) is 4.99. The Hall–Kier alpha value is -2.56. The van der Waals surface area contributed by atoms with Crippen LogP contribution in [-0.4, -0.2) is 40.0 Å². The molecule has 2 rings (SSSR count). The van der Waals surface area contributed by atoms with Crippen LogP contribution in [0.5, 0.6) is 11.5 Å². The number of nitriles is 1. The molecule has 0 heterocycles. The van der Waals surface area contributed by atoms with Crippen molar-refractivity contribution >= 4 is 10.0 Å². The highest BCUT2D eigenvalue weighted by Gasteiger charge is 2.20. The molecule has 0 radical (unpaired) electrons. The van der Waals surface area contributed by atoms with Gasteiger partial charge >= 0.3 is 0 Å². The molecule has 0 saturated heterocycles. The highest BCUT2D eigenvalue weighted by atomic mass is 32.2. The summed E-state index contributed by atoms with van der Waals surface area (Å²) in [6.07, 6.45) is 0. The standard InChI is InChI=1S/C17H18N2O4S/c1-19(11-12-23-16-7-5-15(22-2)6-8-16)24(20,21)17-9-3-14(13-18)4-10-17/h3-10H,11-12H2,1-2H3. The molecule has 0 amide bonds. The first-order chi connectivity index (χ1) is 11.5. The van der Waals surface area contributed by atoms with Gasteiger partial charge in [-0.25, -0.2) is 8.42 Å². The lowest BCUT2D eigenvalue weighted by Crippen LogP contribution is -2.31. The van der Waals surface area contributed by atoms with Crippen LogP contribution in [-0.2, 0) is 10.0 Å². The minimum absolute atomic E-state index is 0.147. The largest absolute Gasteiger partial charge is 0.497 e. The van der Waals surface area contributed by atoms with Gasteiger partial charge in [-0.15, -0.1) is 0 Å². The highest BCUT2D eigenvalue weighted by molar-refractivity contribution is 7.89. The van der Waals surface area contributed by atoms with E-state index in [0.29, 0.717) is 11.3 Å². The minimum Gasteiger partial charge on any atom is -0.497 e. The summed E-state index contributed by atoms with van der Waals surface area (Å²) in [6.45, 7) is 0.423. The zero-order chi connectivity index (χ0) is 17.6. The first kappa shape index (κ1) is 17.8. The van der Waals surface area contributed by atoms with E-state index in [9.17, 15) is 8.42 Å². The molecular formula is C17H18N2O4S. The predicted molar refractivity (Wildman–Crippen MR) is 89.5 cm³/mol. The average molecular weight is 346 g/mol. The van der Waals surface area contributed by atoms with Crippen LogP contribution in [0.15, 0.2) is 53.4 Å². The maximum Gasteiger partial charge on any atom is 0.242 e. The molecule has 0 fully saturated rings. The molecule has 0 bridgehead atoms. The summed E-state index contributed by atoms with van der Waals surface area (Å²) in [5.41, 5.74) is 0.416. The van der Waals surface area contributed by atoms with Crippen molar-refractivity contribution in [3.8, 4) is 17.6 Å². The number of ether oxygens (including phenoxy) is 2. The summed E-state index contributed by atoms with van der Waals surface area (Å²) in [5, 5.41) is 8.76. The van der Waals surface area contributed by atoms with Gasteiger partial charge in [0.25, 0.3) is 0 Å². The Labute approximate surface area is 141 Å². The Bertz CT molecular complexity index is 809. The summed E-state index contributed by atoms with van der Waals surface area (Å²) in [5.74, 6) is 1.36. The van der Waals surface area contributed by atoms with Crippen LogP contribution in [0, 0.1) is 11.3 Å². The van der Waals surface area contributed by atoms with Crippen molar-refractivity contribution in [3.63, 3.8) is 0 Å². The molecule has 7 heteroatoms. The SMILES string of the molecule is COc1ccc(OCCN(C)S(=O)(=O)c2ccc(C#N)cc2)cc1. The van der Waals surface area contributed by atoms with Gasteiger partial charge in [0.1, 0.15) is 18.1 Å². The van der Waals surface area contributed by atoms with Crippen LogP contribution in [0.1, 0.15) is 5.56 Å². The number of nitrogens with zero attached hydrogens (tertiary/aromatic N) is 2. The molecule has 126 valence electrons. The molecule has 0 unspecified atom stereocenters. The van der Waals surface area contributed by atoms with Gasteiger partial charge in [-0.05, 0) is 48.5 Å². The average Bonchev–Trinajstić information content (AvgIpc) is 2.62. The van der Waals surface area contributed by atoms with Gasteiger partial charge in [0.2, 0.25) is 10.0 Å². The van der Waals surface area contributed by atoms with Gasteiger partial charge in [-0.2, -0.15) is 9.57 Å². The second-order valence-corrected chi connectivity index (χ2v) is 7.03. The summed E-state index contributed by atoms with van der Waals surface area (Å²) in [7, 11) is -0.532. The molecule has 0 aliphatic carbocycles. The molecule has 0 aliphatic rings. The van der Waals surface area contributed by atoms with Crippen LogP contribution >= 0.6 is 0 Å². The van der Waals surface area contributed by atoms with E-state index in [0.717, 1.165) is 5.75 Å². The van der Waals surface area contributed by atoms with Gasteiger partial charge in [-0.1, -0.05) is 0 Å². The third-order valence-corrected chi connectivity index (χ3v) is 5.30. The van der Waals surface area contributed by atoms with Crippen molar-refractivity contribution in [1.82, 2.24) is 4.31 Å². The van der Waals surface area contributed by atoms with Crippen molar-refractivity contribution in [2.45, 2.75) is 4.90 Å². The van der Waals surface area contributed by atoms with Crippen LogP contribution < -0.4 is 9.47 Å². The molecular weight excluding hydrogens is 328 g/mol. The second kappa shape index (κ2) is 7.81. The van der Waals surface area contributed by atoms with E-state index >= 15 is 0 Å². The van der Waals surface area contributed by atoms with Crippen LogP contribution in [0.4, 0.5) is 0 Å². The number of sulfonamides is 1. The van der Waals surface area contributed by atoms with E-state index in [2.05, 4.69) is 0 Å². The third-order valence-electron chi connectivity index (χ3n) is 3.43. The van der Waals surface area contributed by atoms with Gasteiger partial charge in [-0.3, -0.25) is 0 Å². The van der Waals surface area contributed by atoms with E-state index < -0.39 is 10.0 Å². The van der Waals surface area contributed by atoms with Gasteiger partial charge in [0.05, 0.1) is 23.6 Å².